The van der Waals surface area contributed by atoms with Gasteiger partial charge in [0.15, 0.2) is 0 Å². The molecule has 0 fully saturated rings. The summed E-state index contributed by atoms with van der Waals surface area (Å²) in [5, 5.41) is 7.65. The predicted molar refractivity (Wildman–Crippen MR) is 59.3 cm³/mol. The number of nitrogens with zero attached hydrogens (tertiary/aromatic N) is 1. The lowest BCUT2D eigenvalue weighted by Crippen LogP contribution is -2.03. The van der Waals surface area contributed by atoms with Crippen molar-refractivity contribution in [1.82, 2.24) is 10.2 Å². The summed E-state index contributed by atoms with van der Waals surface area (Å²) in [4.78, 5) is 11.4. The van der Waals surface area contributed by atoms with Crippen LogP contribution in [0.3, 0.4) is 0 Å². The molecule has 0 saturated carbocycles. The third-order valence-corrected chi connectivity index (χ3v) is 1.95. The average molecular weight is 227 g/mol. The third kappa shape index (κ3) is 2.27. The molecule has 0 atom stereocenters. The van der Waals surface area contributed by atoms with Crippen LogP contribution in [0.5, 0.6) is 0 Å². The molecular weight excluding hydrogens is 216 g/mol. The fraction of sp³-hybridized carbons (Fsp3) is 0.200. The van der Waals surface area contributed by atoms with Gasteiger partial charge in [0, 0.05) is 5.39 Å². The highest BCUT2D eigenvalue weighted by Crippen LogP contribution is 2.13. The van der Waals surface area contributed by atoms with Crippen molar-refractivity contribution in [2.75, 3.05) is 6.61 Å². The number of esters is 1. The Morgan fingerprint density at radius 3 is 3.07 bits per heavy atom. The average Bonchev–Trinajstić information content (AvgIpc) is 2.64. The van der Waals surface area contributed by atoms with Gasteiger partial charge in [-0.3, -0.25) is 5.10 Å². The summed E-state index contributed by atoms with van der Waals surface area (Å²) in [5.74, 6) is -0.302. The van der Waals surface area contributed by atoms with Gasteiger partial charge in [-0.2, -0.15) is 5.10 Å². The van der Waals surface area contributed by atoms with E-state index in [0.29, 0.717) is 12.2 Å². The van der Waals surface area contributed by atoms with Gasteiger partial charge in [0.2, 0.25) is 0 Å². The molecule has 0 amide bonds. The minimum atomic E-state index is -0.302. The normalized spacial score (nSPS) is 9.67. The first-order valence-corrected chi connectivity index (χ1v) is 4.41. The summed E-state index contributed by atoms with van der Waals surface area (Å²) in [6.07, 6.45) is 1.71. The number of fused-ring (bicyclic) bond motifs is 1. The Labute approximate surface area is 93.0 Å². The van der Waals surface area contributed by atoms with E-state index in [2.05, 4.69) is 10.2 Å². The Balaban J connectivity index is 0.00000112. The molecule has 1 N–H and O–H groups in total. The number of benzene rings is 1. The molecule has 2 rings (SSSR count). The summed E-state index contributed by atoms with van der Waals surface area (Å²) in [6.45, 7) is 2.17. The molecule has 2 aromatic rings. The lowest BCUT2D eigenvalue weighted by Gasteiger charge is -2.00. The van der Waals surface area contributed by atoms with Crippen molar-refractivity contribution < 1.29 is 9.53 Å². The van der Waals surface area contributed by atoms with Crippen LogP contribution >= 0.6 is 12.4 Å². The van der Waals surface area contributed by atoms with Gasteiger partial charge in [-0.05, 0) is 19.1 Å². The first-order valence-electron chi connectivity index (χ1n) is 4.41. The van der Waals surface area contributed by atoms with Crippen LogP contribution in [0.1, 0.15) is 17.3 Å². The van der Waals surface area contributed by atoms with Gasteiger partial charge in [0.1, 0.15) is 0 Å². The van der Waals surface area contributed by atoms with Gasteiger partial charge in [-0.15, -0.1) is 12.4 Å². The number of nitrogens with one attached hydrogen (secondary N) is 1. The molecule has 0 radical (unpaired) electrons. The molecule has 5 heteroatoms. The van der Waals surface area contributed by atoms with Crippen molar-refractivity contribution in [2.45, 2.75) is 6.92 Å². The van der Waals surface area contributed by atoms with Gasteiger partial charge in [-0.1, -0.05) is 6.07 Å². The second kappa shape index (κ2) is 4.79. The molecule has 1 aromatic heterocycles. The van der Waals surface area contributed by atoms with E-state index in [0.717, 1.165) is 10.9 Å². The fourth-order valence-corrected chi connectivity index (χ4v) is 1.28. The highest BCUT2D eigenvalue weighted by molar-refractivity contribution is 5.94. The highest BCUT2D eigenvalue weighted by atomic mass is 35.5. The lowest BCUT2D eigenvalue weighted by molar-refractivity contribution is 0.0526. The lowest BCUT2D eigenvalue weighted by atomic mass is 10.2. The molecule has 0 aliphatic rings. The second-order valence-electron chi connectivity index (χ2n) is 2.89. The predicted octanol–water partition coefficient (Wildman–Crippen LogP) is 2.16. The van der Waals surface area contributed by atoms with Crippen molar-refractivity contribution in [1.29, 1.82) is 0 Å². The minimum absolute atomic E-state index is 0. The van der Waals surface area contributed by atoms with Crippen LogP contribution in [0.25, 0.3) is 10.9 Å². The Bertz CT molecular complexity index is 467. The van der Waals surface area contributed by atoms with E-state index in [4.69, 9.17) is 4.74 Å². The van der Waals surface area contributed by atoms with Gasteiger partial charge >= 0.3 is 5.97 Å². The molecule has 0 aliphatic heterocycles. The summed E-state index contributed by atoms with van der Waals surface area (Å²) in [7, 11) is 0. The Kier molecular flexibility index (Phi) is 3.68. The van der Waals surface area contributed by atoms with Gasteiger partial charge < -0.3 is 4.74 Å². The van der Waals surface area contributed by atoms with E-state index in [1.807, 2.05) is 6.07 Å². The summed E-state index contributed by atoms with van der Waals surface area (Å²) < 4.78 is 4.88. The Morgan fingerprint density at radius 2 is 2.33 bits per heavy atom. The van der Waals surface area contributed by atoms with Crippen molar-refractivity contribution >= 4 is 29.3 Å². The molecule has 80 valence electrons. The van der Waals surface area contributed by atoms with Crippen LogP contribution in [0.2, 0.25) is 0 Å². The van der Waals surface area contributed by atoms with Crippen molar-refractivity contribution in [3.05, 3.63) is 30.0 Å². The van der Waals surface area contributed by atoms with E-state index in [1.165, 1.54) is 0 Å². The summed E-state index contributed by atoms with van der Waals surface area (Å²) in [6, 6.07) is 5.31. The zero-order chi connectivity index (χ0) is 9.97. The Morgan fingerprint density at radius 1 is 1.53 bits per heavy atom. The molecule has 0 unspecified atom stereocenters. The van der Waals surface area contributed by atoms with Crippen molar-refractivity contribution in [3.63, 3.8) is 0 Å². The van der Waals surface area contributed by atoms with Crippen molar-refractivity contribution in [2.24, 2.45) is 0 Å². The maximum atomic E-state index is 11.4. The first kappa shape index (κ1) is 11.5. The number of ether oxygens (including phenoxy) is 1. The molecular formula is C10H11ClN2O2. The maximum absolute atomic E-state index is 11.4. The maximum Gasteiger partial charge on any atom is 0.338 e. The Hall–Kier alpha value is -1.55. The zero-order valence-electron chi connectivity index (χ0n) is 8.19. The molecule has 0 spiro atoms. The number of aromatic amines is 1. The van der Waals surface area contributed by atoms with E-state index < -0.39 is 0 Å². The molecule has 1 heterocycles. The summed E-state index contributed by atoms with van der Waals surface area (Å²) in [5.41, 5.74) is 1.39. The monoisotopic (exact) mass is 226 g/mol. The number of carbonyl (C=O) groups excluding carboxylic acids is 1. The summed E-state index contributed by atoms with van der Waals surface area (Å²) >= 11 is 0. The molecule has 4 nitrogen and oxygen atoms in total. The molecule has 1 aromatic carbocycles. The number of hydrogen-bond donors (Lipinski definition) is 1. The molecule has 0 aliphatic carbocycles. The van der Waals surface area contributed by atoms with Crippen LogP contribution < -0.4 is 0 Å². The van der Waals surface area contributed by atoms with E-state index in [-0.39, 0.29) is 18.4 Å². The van der Waals surface area contributed by atoms with Gasteiger partial charge in [0.05, 0.1) is 23.9 Å². The minimum Gasteiger partial charge on any atom is -0.462 e. The zero-order valence-corrected chi connectivity index (χ0v) is 9.00. The molecule has 0 bridgehead atoms. The number of halogens is 1. The van der Waals surface area contributed by atoms with Crippen LogP contribution in [0.4, 0.5) is 0 Å². The second-order valence-corrected chi connectivity index (χ2v) is 2.89. The van der Waals surface area contributed by atoms with Crippen LogP contribution in [-0.2, 0) is 4.74 Å². The number of rotatable bonds is 2. The quantitative estimate of drug-likeness (QED) is 0.799. The molecule has 15 heavy (non-hydrogen) atoms. The number of carbonyl (C=O) groups is 1. The number of hydrogen-bond acceptors (Lipinski definition) is 3. The van der Waals surface area contributed by atoms with Gasteiger partial charge in [0.25, 0.3) is 0 Å². The third-order valence-electron chi connectivity index (χ3n) is 1.95. The van der Waals surface area contributed by atoms with Gasteiger partial charge in [-0.25, -0.2) is 4.79 Å². The fourth-order valence-electron chi connectivity index (χ4n) is 1.28. The van der Waals surface area contributed by atoms with E-state index >= 15 is 0 Å². The molecule has 0 saturated heterocycles. The largest absolute Gasteiger partial charge is 0.462 e. The van der Waals surface area contributed by atoms with Crippen molar-refractivity contribution in [3.8, 4) is 0 Å². The topological polar surface area (TPSA) is 55.0 Å². The van der Waals surface area contributed by atoms with Crippen LogP contribution in [0.15, 0.2) is 24.4 Å². The standard InChI is InChI=1S/C10H10N2O2.ClH/c1-2-14-10(13)7-3-4-8-6-11-12-9(8)5-7;/h3-6H,2H2,1H3,(H,11,12);1H. The van der Waals surface area contributed by atoms with Crippen LogP contribution in [-0.4, -0.2) is 22.8 Å². The first-order chi connectivity index (χ1) is 6.81. The smallest absolute Gasteiger partial charge is 0.338 e. The van der Waals surface area contributed by atoms with Crippen LogP contribution in [0, 0.1) is 0 Å². The number of H-pyrrole nitrogens is 1. The number of aromatic nitrogens is 2. The van der Waals surface area contributed by atoms with E-state index in [1.54, 1.807) is 25.3 Å². The highest BCUT2D eigenvalue weighted by Gasteiger charge is 2.06. The van der Waals surface area contributed by atoms with E-state index in [9.17, 15) is 4.79 Å². The SMILES string of the molecule is CCOC(=O)c1ccc2cn[nH]c2c1.Cl.